The molecule has 0 saturated carbocycles. The van der Waals surface area contributed by atoms with E-state index in [4.69, 9.17) is 30.8 Å². The summed E-state index contributed by atoms with van der Waals surface area (Å²) >= 11 is 0. The average Bonchev–Trinajstić information content (AvgIpc) is 2.06. The predicted molar refractivity (Wildman–Crippen MR) is 60.9 cm³/mol. The molecule has 0 aliphatic heterocycles. The van der Waals surface area contributed by atoms with E-state index in [0.717, 1.165) is 0 Å². The molecule has 0 aromatic carbocycles. The topological polar surface area (TPSA) is 86.7 Å². The monoisotopic (exact) mass is 314 g/mol. The Morgan fingerprint density at radius 3 is 1.25 bits per heavy atom. The van der Waals surface area contributed by atoms with E-state index < -0.39 is 18.1 Å². The van der Waals surface area contributed by atoms with Crippen LogP contribution < -0.4 is 0 Å². The van der Waals surface area contributed by atoms with Crippen LogP contribution in [0.3, 0.4) is 0 Å². The van der Waals surface area contributed by atoms with Gasteiger partial charge < -0.3 is 9.47 Å². The lowest BCUT2D eigenvalue weighted by Gasteiger charge is -2.03. The molecule has 0 bridgehead atoms. The highest BCUT2D eigenvalue weighted by Gasteiger charge is 2.05. The summed E-state index contributed by atoms with van der Waals surface area (Å²) < 4.78 is 51.5. The van der Waals surface area contributed by atoms with E-state index in [9.17, 15) is 16.8 Å². The largest absolute Gasteiger partial charge is 0.378 e. The molecule has 0 aliphatic carbocycles. The van der Waals surface area contributed by atoms with Gasteiger partial charge in [0.2, 0.25) is 18.1 Å². The van der Waals surface area contributed by atoms with Crippen molar-refractivity contribution in [2.75, 3.05) is 37.9 Å². The zero-order valence-corrected chi connectivity index (χ0v) is 11.4. The minimum absolute atomic E-state index is 0.0248. The normalized spacial score (nSPS) is 12.9. The Balaban J connectivity index is 3.29. The summed E-state index contributed by atoms with van der Waals surface area (Å²) in [5, 5.41) is 0. The van der Waals surface area contributed by atoms with E-state index in [1.165, 1.54) is 0 Å². The first-order chi connectivity index (χ1) is 7.21. The molecule has 0 saturated heterocycles. The first-order valence-corrected chi connectivity index (χ1v) is 9.16. The summed E-state index contributed by atoms with van der Waals surface area (Å²) in [4.78, 5) is 0. The Morgan fingerprint density at radius 2 is 1.00 bits per heavy atom. The number of halogens is 2. The van der Waals surface area contributed by atoms with Gasteiger partial charge in [0.25, 0.3) is 0 Å². The molecule has 0 aromatic rings. The van der Waals surface area contributed by atoms with Crippen LogP contribution in [0, 0.1) is 0 Å². The van der Waals surface area contributed by atoms with E-state index in [0.29, 0.717) is 0 Å². The molecule has 0 N–H and O–H groups in total. The molecule has 6 nitrogen and oxygen atoms in total. The maximum atomic E-state index is 10.4. The molecule has 0 unspecified atom stereocenters. The van der Waals surface area contributed by atoms with Gasteiger partial charge in [0.15, 0.2) is 0 Å². The van der Waals surface area contributed by atoms with Crippen LogP contribution in [0.15, 0.2) is 0 Å². The van der Waals surface area contributed by atoms with Gasteiger partial charge in [-0.25, -0.2) is 16.8 Å². The fraction of sp³-hybridized carbons (Fsp3) is 1.00. The molecule has 10 heteroatoms. The Hall–Kier alpha value is 0.400. The minimum Gasteiger partial charge on any atom is -0.378 e. The van der Waals surface area contributed by atoms with Gasteiger partial charge in [0, 0.05) is 21.4 Å². The second-order valence-corrected chi connectivity index (χ2v) is 8.50. The third-order valence-electron chi connectivity index (χ3n) is 1.31. The minimum atomic E-state index is -3.53. The van der Waals surface area contributed by atoms with Crippen LogP contribution in [0.5, 0.6) is 0 Å². The number of rotatable bonds is 9. The smallest absolute Gasteiger partial charge is 0.234 e. The van der Waals surface area contributed by atoms with Crippen molar-refractivity contribution in [2.24, 2.45) is 0 Å². The molecular weight excluding hydrogens is 303 g/mol. The number of hydrogen-bond acceptors (Lipinski definition) is 6. The van der Waals surface area contributed by atoms with Crippen LogP contribution in [0.25, 0.3) is 0 Å². The molecule has 0 heterocycles. The highest BCUT2D eigenvalue weighted by atomic mass is 35.7. The van der Waals surface area contributed by atoms with Crippen molar-refractivity contribution in [2.45, 2.75) is 0 Å². The lowest BCUT2D eigenvalue weighted by atomic mass is 10.7. The molecule has 0 radical (unpaired) electrons. The standard InChI is InChI=1S/C6H12Cl2O6S2/c7-15(9,10)5-3-13-1-2-14-4-6-16(8,11)12/h1-6H2. The van der Waals surface area contributed by atoms with Crippen molar-refractivity contribution in [1.29, 1.82) is 0 Å². The molecule has 0 spiro atoms. The van der Waals surface area contributed by atoms with E-state index >= 15 is 0 Å². The second-order valence-electron chi connectivity index (χ2n) is 2.71. The van der Waals surface area contributed by atoms with Crippen molar-refractivity contribution in [1.82, 2.24) is 0 Å². The average molecular weight is 315 g/mol. The Morgan fingerprint density at radius 1 is 0.688 bits per heavy atom. The van der Waals surface area contributed by atoms with Gasteiger partial charge >= 0.3 is 0 Å². The maximum Gasteiger partial charge on any atom is 0.234 e. The molecule has 16 heavy (non-hydrogen) atoms. The van der Waals surface area contributed by atoms with Gasteiger partial charge in [-0.2, -0.15) is 0 Å². The maximum absolute atomic E-state index is 10.4. The van der Waals surface area contributed by atoms with Crippen LogP contribution >= 0.6 is 21.4 Å². The summed E-state index contributed by atoms with van der Waals surface area (Å²) in [7, 11) is 2.79. The lowest BCUT2D eigenvalue weighted by Crippen LogP contribution is -2.13. The van der Waals surface area contributed by atoms with E-state index in [-0.39, 0.29) is 37.9 Å². The van der Waals surface area contributed by atoms with Crippen molar-refractivity contribution >= 4 is 39.5 Å². The number of ether oxygens (including phenoxy) is 2. The zero-order chi connectivity index (χ0) is 12.7. The van der Waals surface area contributed by atoms with Crippen LogP contribution in [-0.2, 0) is 27.6 Å². The second kappa shape index (κ2) is 7.67. The summed E-state index contributed by atoms with van der Waals surface area (Å²) in [6, 6.07) is 0. The fourth-order valence-corrected chi connectivity index (χ4v) is 1.65. The van der Waals surface area contributed by atoms with Gasteiger partial charge in [-0.05, 0) is 0 Å². The SMILES string of the molecule is O=S(=O)(Cl)CCOCCOCCS(=O)(=O)Cl. The fourth-order valence-electron chi connectivity index (χ4n) is 0.639. The van der Waals surface area contributed by atoms with Crippen LogP contribution in [-0.4, -0.2) is 54.8 Å². The van der Waals surface area contributed by atoms with Gasteiger partial charge in [0.1, 0.15) is 0 Å². The Bertz CT molecular complexity index is 338. The van der Waals surface area contributed by atoms with Gasteiger partial charge in [-0.15, -0.1) is 0 Å². The highest BCUT2D eigenvalue weighted by Crippen LogP contribution is 1.96. The van der Waals surface area contributed by atoms with Crippen LogP contribution in [0.4, 0.5) is 0 Å². The summed E-state index contributed by atoms with van der Waals surface area (Å²) in [5.74, 6) is -0.546. The molecule has 0 amide bonds. The lowest BCUT2D eigenvalue weighted by molar-refractivity contribution is 0.0599. The highest BCUT2D eigenvalue weighted by molar-refractivity contribution is 8.14. The summed E-state index contributed by atoms with van der Waals surface area (Å²) in [6.07, 6.45) is 0. The number of hydrogen-bond donors (Lipinski definition) is 0. The third kappa shape index (κ3) is 14.4. The summed E-state index contributed by atoms with van der Waals surface area (Å²) in [5.41, 5.74) is 0. The van der Waals surface area contributed by atoms with Gasteiger partial charge in [-0.1, -0.05) is 0 Å². The molecule has 0 rings (SSSR count). The van der Waals surface area contributed by atoms with E-state index in [1.807, 2.05) is 0 Å². The Kier molecular flexibility index (Phi) is 7.87. The molecule has 0 atom stereocenters. The van der Waals surface area contributed by atoms with Crippen molar-refractivity contribution in [3.8, 4) is 0 Å². The first kappa shape index (κ1) is 16.4. The van der Waals surface area contributed by atoms with Crippen molar-refractivity contribution in [3.05, 3.63) is 0 Å². The molecule has 0 aromatic heterocycles. The zero-order valence-electron chi connectivity index (χ0n) is 8.26. The quantitative estimate of drug-likeness (QED) is 0.445. The van der Waals surface area contributed by atoms with Crippen LogP contribution in [0.2, 0.25) is 0 Å². The first-order valence-electron chi connectivity index (χ1n) is 4.21. The summed E-state index contributed by atoms with van der Waals surface area (Å²) in [6.45, 7) is 0.273. The molecule has 0 aliphatic rings. The molecular formula is C6H12Cl2O6S2. The molecule has 0 fully saturated rings. The van der Waals surface area contributed by atoms with Crippen LogP contribution in [0.1, 0.15) is 0 Å². The Labute approximate surface area is 104 Å². The van der Waals surface area contributed by atoms with E-state index in [1.54, 1.807) is 0 Å². The predicted octanol–water partition coefficient (Wildman–Crippen LogP) is 0.157. The third-order valence-corrected chi connectivity index (χ3v) is 3.55. The van der Waals surface area contributed by atoms with Gasteiger partial charge in [-0.3, -0.25) is 0 Å². The van der Waals surface area contributed by atoms with E-state index in [2.05, 4.69) is 0 Å². The van der Waals surface area contributed by atoms with Crippen molar-refractivity contribution in [3.63, 3.8) is 0 Å². The molecule has 98 valence electrons. The van der Waals surface area contributed by atoms with Gasteiger partial charge in [0.05, 0.1) is 37.9 Å². The van der Waals surface area contributed by atoms with Crippen molar-refractivity contribution < 1.29 is 26.3 Å².